The maximum atomic E-state index is 6.79. The molecule has 5 nitrogen and oxygen atoms in total. The van der Waals surface area contributed by atoms with E-state index in [1.807, 2.05) is 12.1 Å². The third-order valence-corrected chi connectivity index (χ3v) is 17.8. The average Bonchev–Trinajstić information content (AvgIpc) is 4.12. The molecule has 0 aliphatic rings. The van der Waals surface area contributed by atoms with Crippen LogP contribution in [0.2, 0.25) is 10.0 Å². The molecule has 319 valence electrons. The molecule has 6 aromatic heterocycles. The predicted molar refractivity (Wildman–Crippen MR) is 285 cm³/mol. The molecular weight excluding hydrogens is 1060 g/mol. The first-order chi connectivity index (χ1) is 29.6. The van der Waals surface area contributed by atoms with Gasteiger partial charge in [0, 0.05) is 41.8 Å². The Balaban J connectivity index is 0.000000192. The number of hydrogen-bond acceptors (Lipinski definition) is 12. The number of nitrogens with zero attached hydrogens (tertiary/aromatic N) is 5. The van der Waals surface area contributed by atoms with Crippen molar-refractivity contribution >= 4 is 166 Å². The normalized spacial score (nSPS) is 12.3. The van der Waals surface area contributed by atoms with Gasteiger partial charge in [-0.05, 0) is 121 Å². The van der Waals surface area contributed by atoms with Crippen LogP contribution in [0.4, 0.5) is 0 Å². The molecule has 0 saturated heterocycles. The molecule has 8 rings (SSSR count). The van der Waals surface area contributed by atoms with Gasteiger partial charge in [-0.25, -0.2) is 0 Å². The Bertz CT molecular complexity index is 2630. The monoisotopic (exact) mass is 1110 g/mol. The van der Waals surface area contributed by atoms with Crippen LogP contribution in [0.25, 0.3) is 63.8 Å². The second-order valence-corrected chi connectivity index (χ2v) is 23.4. The minimum absolute atomic E-state index is 0.722. The van der Waals surface area contributed by atoms with Gasteiger partial charge < -0.3 is 0 Å². The Morgan fingerprint density at radius 1 is 0.689 bits per heavy atom. The van der Waals surface area contributed by atoms with Crippen molar-refractivity contribution in [2.45, 2.75) is 91.9 Å². The molecule has 0 aliphatic carbocycles. The minimum atomic E-state index is 0.722. The number of hydrogen-bond donors (Lipinski definition) is 1. The molecule has 0 N–H and O–H groups in total. The summed E-state index contributed by atoms with van der Waals surface area (Å²) in [5.74, 6) is 1.50. The number of benzene rings is 2. The van der Waals surface area contributed by atoms with Crippen LogP contribution < -0.4 is 0 Å². The second kappa shape index (κ2) is 24.2. The zero-order valence-corrected chi connectivity index (χ0v) is 44.7. The van der Waals surface area contributed by atoms with E-state index >= 15 is 0 Å². The number of rotatable bonds is 16. The van der Waals surface area contributed by atoms with E-state index in [2.05, 4.69) is 149 Å². The van der Waals surface area contributed by atoms with Crippen LogP contribution in [-0.2, 0) is 12.8 Å². The number of thiophene rings is 4. The fraction of sp³-hybridized carbons (Fsp3) is 0.364. The van der Waals surface area contributed by atoms with Gasteiger partial charge in [0.05, 0.1) is 41.1 Å². The summed E-state index contributed by atoms with van der Waals surface area (Å²) in [5.41, 5.74) is 10.7. The van der Waals surface area contributed by atoms with Gasteiger partial charge in [-0.2, -0.15) is 17.5 Å². The van der Waals surface area contributed by atoms with Crippen LogP contribution in [0.1, 0.15) is 90.2 Å². The molecule has 1 radical (unpaired) electrons. The summed E-state index contributed by atoms with van der Waals surface area (Å²) in [7, 11) is 4.34. The van der Waals surface area contributed by atoms with Crippen molar-refractivity contribution < 1.29 is 0 Å². The van der Waals surface area contributed by atoms with E-state index < -0.39 is 0 Å². The fourth-order valence-corrected chi connectivity index (χ4v) is 14.1. The molecule has 0 spiro atoms. The molecule has 6 heterocycles. The van der Waals surface area contributed by atoms with E-state index in [1.165, 1.54) is 99.5 Å². The molecule has 0 aliphatic heterocycles. The van der Waals surface area contributed by atoms with Crippen molar-refractivity contribution in [1.82, 2.24) is 17.5 Å². The zero-order valence-electron chi connectivity index (χ0n) is 34.2. The van der Waals surface area contributed by atoms with Crippen molar-refractivity contribution in [3.63, 3.8) is 0 Å². The van der Waals surface area contributed by atoms with Gasteiger partial charge in [-0.15, -0.1) is 45.3 Å². The summed E-state index contributed by atoms with van der Waals surface area (Å²) in [4.78, 5) is 4.67. The topological polar surface area (TPSA) is 63.9 Å². The van der Waals surface area contributed by atoms with Crippen molar-refractivity contribution in [2.24, 2.45) is 16.1 Å². The standard InChI is InChI=1S/C22H21Br2ClN2S3.C22H23ClN2S3.BHNS/c1-3-5-6-12(4-2)9-13-10-17(29-22(13)24)14-11-15(25)19(16-7-8-18(23)28-16)21-20(14)26-30-27-21;1-3-5-7-14(4-2)10-15-11-19(27-13-15)16-12-17(23)20(18-8-6-9-26-18)22-21(16)24-28-25-22;1-2-3/h7-8,10-12H,3-6,9H2,1-2H3;6,8-9,11-14H,3-5,7,10H2,1-2H3;3H. The molecule has 0 bridgehead atoms. The van der Waals surface area contributed by atoms with E-state index in [0.717, 1.165) is 92.6 Å². The average molecular weight is 1110 g/mol. The summed E-state index contributed by atoms with van der Waals surface area (Å²) in [6.45, 7) is 9.14. The third-order valence-electron chi connectivity index (χ3n) is 10.6. The Morgan fingerprint density at radius 2 is 1.26 bits per heavy atom. The molecule has 2 aromatic carbocycles. The van der Waals surface area contributed by atoms with Crippen molar-refractivity contribution in [3.05, 3.63) is 88.0 Å². The Labute approximate surface area is 417 Å². The first kappa shape index (κ1) is 49.1. The Hall–Kier alpha value is -1.37. The van der Waals surface area contributed by atoms with Gasteiger partial charge in [0.2, 0.25) is 0 Å². The van der Waals surface area contributed by atoms with Gasteiger partial charge in [0.1, 0.15) is 22.1 Å². The van der Waals surface area contributed by atoms with Crippen LogP contribution in [0.3, 0.4) is 0 Å². The Kier molecular flexibility index (Phi) is 19.5. The second-order valence-electron chi connectivity index (χ2n) is 14.7. The number of fused-ring (bicyclic) bond motifs is 2. The summed E-state index contributed by atoms with van der Waals surface area (Å²) in [5, 5.41) is 5.85. The zero-order chi connectivity index (χ0) is 43.5. The quantitative estimate of drug-likeness (QED) is 0.0773. The van der Waals surface area contributed by atoms with Gasteiger partial charge in [0.15, 0.2) is 0 Å². The van der Waals surface area contributed by atoms with E-state index in [0.29, 0.717) is 0 Å². The molecule has 2 unspecified atom stereocenters. The SMILES string of the molecule is CCCCC(CC)Cc1cc(-c2cc(Cl)c(-c3ccc(Br)s3)c3nsnc23)sc1Br.CCCCC(CC)Cc1csc(-c2cc(Cl)c(-c3cccs3)c3nsnc23)c1.[B]=NS. The first-order valence-corrected chi connectivity index (χ1v) is 27.8. The van der Waals surface area contributed by atoms with Crippen molar-refractivity contribution in [3.8, 4) is 41.8 Å². The van der Waals surface area contributed by atoms with E-state index in [-0.39, 0.29) is 0 Å². The molecule has 17 heteroatoms. The molecule has 0 amide bonds. The number of thiol groups is 1. The summed E-state index contributed by atoms with van der Waals surface area (Å²) < 4.78 is 23.4. The molecule has 8 aromatic rings. The van der Waals surface area contributed by atoms with Crippen LogP contribution in [0.15, 0.2) is 71.2 Å². The molecule has 0 fully saturated rings. The van der Waals surface area contributed by atoms with Crippen LogP contribution in [-0.4, -0.2) is 25.1 Å². The van der Waals surface area contributed by atoms with E-state index in [9.17, 15) is 0 Å². The summed E-state index contributed by atoms with van der Waals surface area (Å²) in [6.07, 6.45) is 12.5. The summed E-state index contributed by atoms with van der Waals surface area (Å²) in [6, 6.07) is 17.0. The van der Waals surface area contributed by atoms with Crippen LogP contribution >= 0.6 is 137 Å². The van der Waals surface area contributed by atoms with E-state index in [1.54, 1.807) is 45.3 Å². The molecule has 0 saturated carbocycles. The maximum absolute atomic E-state index is 6.79. The third kappa shape index (κ3) is 12.3. The number of halogens is 4. The van der Waals surface area contributed by atoms with Gasteiger partial charge in [-0.1, -0.05) is 108 Å². The van der Waals surface area contributed by atoms with Crippen LogP contribution in [0.5, 0.6) is 0 Å². The fourth-order valence-electron chi connectivity index (χ4n) is 7.37. The van der Waals surface area contributed by atoms with Crippen molar-refractivity contribution in [1.29, 1.82) is 0 Å². The molecular formula is C44H45BBr2Cl2N5S7. The van der Waals surface area contributed by atoms with Gasteiger partial charge in [-0.3, -0.25) is 0 Å². The van der Waals surface area contributed by atoms with Crippen LogP contribution in [0, 0.1) is 11.8 Å². The van der Waals surface area contributed by atoms with Gasteiger partial charge in [0.25, 0.3) is 0 Å². The Morgan fingerprint density at radius 3 is 1.80 bits per heavy atom. The molecule has 2 atom stereocenters. The van der Waals surface area contributed by atoms with Crippen molar-refractivity contribution in [2.75, 3.05) is 0 Å². The van der Waals surface area contributed by atoms with Gasteiger partial charge >= 0.3 is 24.8 Å². The van der Waals surface area contributed by atoms with E-state index in [4.69, 9.17) is 23.2 Å². The molecule has 61 heavy (non-hydrogen) atoms. The first-order valence-electron chi connectivity index (χ1n) is 20.2. The predicted octanol–water partition coefficient (Wildman–Crippen LogP) is 18.8. The number of aromatic nitrogens is 4. The summed E-state index contributed by atoms with van der Waals surface area (Å²) >= 11 is 33.5. The number of unbranched alkanes of at least 4 members (excludes halogenated alkanes) is 2.